The van der Waals surface area contributed by atoms with Crippen LogP contribution in [0.1, 0.15) is 12.8 Å². The summed E-state index contributed by atoms with van der Waals surface area (Å²) in [4.78, 5) is 7.83. The van der Waals surface area contributed by atoms with Crippen molar-refractivity contribution in [1.29, 1.82) is 0 Å². The second-order valence-electron chi connectivity index (χ2n) is 3.13. The molecule has 1 unspecified atom stereocenters. The van der Waals surface area contributed by atoms with Crippen LogP contribution in [-0.4, -0.2) is 29.3 Å². The first-order chi connectivity index (χ1) is 6.84. The minimum atomic E-state index is 0.191. The Hall–Kier alpha value is -0.870. The maximum atomic E-state index is 5.66. The zero-order valence-electron chi connectivity index (χ0n) is 7.65. The van der Waals surface area contributed by atoms with Crippen molar-refractivity contribution >= 4 is 11.6 Å². The van der Waals surface area contributed by atoms with Gasteiger partial charge >= 0.3 is 0 Å². The lowest BCUT2D eigenvalue weighted by Crippen LogP contribution is -2.16. The van der Waals surface area contributed by atoms with Gasteiger partial charge in [0.1, 0.15) is 6.61 Å². The Kier molecular flexibility index (Phi) is 3.16. The fraction of sp³-hybridized carbons (Fsp3) is 0.556. The van der Waals surface area contributed by atoms with Crippen LogP contribution in [0.5, 0.6) is 5.88 Å². The highest BCUT2D eigenvalue weighted by Crippen LogP contribution is 2.14. The molecular weight excluding hydrogens is 204 g/mol. The summed E-state index contributed by atoms with van der Waals surface area (Å²) in [5.74, 6) is 0.452. The average molecular weight is 215 g/mol. The lowest BCUT2D eigenvalue weighted by molar-refractivity contribution is 0.0662. The average Bonchev–Trinajstić information content (AvgIpc) is 2.67. The van der Waals surface area contributed by atoms with Crippen molar-refractivity contribution in [1.82, 2.24) is 9.97 Å². The van der Waals surface area contributed by atoms with Crippen molar-refractivity contribution in [3.05, 3.63) is 17.5 Å². The van der Waals surface area contributed by atoms with Gasteiger partial charge in [0.25, 0.3) is 0 Å². The summed E-state index contributed by atoms with van der Waals surface area (Å²) in [5.41, 5.74) is 0. The molecule has 2 rings (SSSR count). The molecule has 5 heteroatoms. The summed E-state index contributed by atoms with van der Waals surface area (Å²) in [6.07, 6.45) is 5.36. The fourth-order valence-corrected chi connectivity index (χ4v) is 1.49. The molecule has 2 heterocycles. The van der Waals surface area contributed by atoms with E-state index in [0.29, 0.717) is 17.6 Å². The lowest BCUT2D eigenvalue weighted by Gasteiger charge is -2.09. The number of rotatable bonds is 3. The van der Waals surface area contributed by atoms with Crippen molar-refractivity contribution in [3.8, 4) is 5.88 Å². The maximum absolute atomic E-state index is 5.66. The van der Waals surface area contributed by atoms with E-state index < -0.39 is 0 Å². The topological polar surface area (TPSA) is 44.2 Å². The van der Waals surface area contributed by atoms with Crippen molar-refractivity contribution in [2.45, 2.75) is 18.9 Å². The summed E-state index contributed by atoms with van der Waals surface area (Å²) in [5, 5.41) is 0.342. The van der Waals surface area contributed by atoms with Gasteiger partial charge in [-0.2, -0.15) is 4.98 Å². The molecule has 1 fully saturated rings. The molecule has 1 atom stereocenters. The summed E-state index contributed by atoms with van der Waals surface area (Å²) in [6, 6.07) is 0. The molecular formula is C9H11ClN2O2. The van der Waals surface area contributed by atoms with Crippen LogP contribution in [0.15, 0.2) is 12.4 Å². The van der Waals surface area contributed by atoms with Gasteiger partial charge in [-0.25, -0.2) is 0 Å². The van der Waals surface area contributed by atoms with E-state index in [4.69, 9.17) is 21.1 Å². The smallest absolute Gasteiger partial charge is 0.233 e. The zero-order chi connectivity index (χ0) is 9.80. The summed E-state index contributed by atoms with van der Waals surface area (Å²) in [6.45, 7) is 1.35. The van der Waals surface area contributed by atoms with Crippen LogP contribution in [0, 0.1) is 0 Å². The van der Waals surface area contributed by atoms with E-state index in [9.17, 15) is 0 Å². The third-order valence-electron chi connectivity index (χ3n) is 2.02. The SMILES string of the molecule is Clc1cncc(OCC2CCCO2)n1. The summed E-state index contributed by atoms with van der Waals surface area (Å²) >= 11 is 5.66. The number of aromatic nitrogens is 2. The molecule has 0 aliphatic carbocycles. The molecule has 1 saturated heterocycles. The Morgan fingerprint density at radius 1 is 1.57 bits per heavy atom. The highest BCUT2D eigenvalue weighted by molar-refractivity contribution is 6.29. The monoisotopic (exact) mass is 214 g/mol. The molecule has 0 aromatic carbocycles. The third kappa shape index (κ3) is 2.56. The molecule has 1 aliphatic heterocycles. The molecule has 1 aromatic heterocycles. The second kappa shape index (κ2) is 4.57. The predicted molar refractivity (Wildman–Crippen MR) is 51.5 cm³/mol. The molecule has 4 nitrogen and oxygen atoms in total. The molecule has 1 aromatic rings. The van der Waals surface area contributed by atoms with Gasteiger partial charge < -0.3 is 9.47 Å². The standard InChI is InChI=1S/C9H11ClN2O2/c10-8-4-11-5-9(12-8)14-6-7-2-1-3-13-7/h4-5,7H,1-3,6H2. The van der Waals surface area contributed by atoms with Crippen LogP contribution in [0.2, 0.25) is 5.15 Å². The first-order valence-electron chi connectivity index (χ1n) is 4.56. The van der Waals surface area contributed by atoms with Crippen molar-refractivity contribution < 1.29 is 9.47 Å². The van der Waals surface area contributed by atoms with Gasteiger partial charge in [-0.1, -0.05) is 11.6 Å². The van der Waals surface area contributed by atoms with Gasteiger partial charge in [-0.05, 0) is 12.8 Å². The highest BCUT2D eigenvalue weighted by atomic mass is 35.5. The number of hydrogen-bond acceptors (Lipinski definition) is 4. The predicted octanol–water partition coefficient (Wildman–Crippen LogP) is 1.69. The van der Waals surface area contributed by atoms with Crippen molar-refractivity contribution in [2.75, 3.05) is 13.2 Å². The Bertz CT molecular complexity index is 303. The second-order valence-corrected chi connectivity index (χ2v) is 3.51. The number of halogens is 1. The molecule has 0 spiro atoms. The molecule has 0 bridgehead atoms. The third-order valence-corrected chi connectivity index (χ3v) is 2.21. The summed E-state index contributed by atoms with van der Waals surface area (Å²) in [7, 11) is 0. The van der Waals surface area contributed by atoms with E-state index in [1.807, 2.05) is 0 Å². The number of hydrogen-bond donors (Lipinski definition) is 0. The Labute approximate surface area is 87.2 Å². The minimum absolute atomic E-state index is 0.191. The van der Waals surface area contributed by atoms with Crippen molar-refractivity contribution in [2.24, 2.45) is 0 Å². The lowest BCUT2D eigenvalue weighted by atomic mass is 10.2. The normalized spacial score (nSPS) is 21.1. The van der Waals surface area contributed by atoms with Gasteiger partial charge in [-0.15, -0.1) is 0 Å². The Morgan fingerprint density at radius 3 is 3.21 bits per heavy atom. The van der Waals surface area contributed by atoms with Crippen LogP contribution < -0.4 is 4.74 Å². The maximum Gasteiger partial charge on any atom is 0.233 e. The molecule has 14 heavy (non-hydrogen) atoms. The Morgan fingerprint density at radius 2 is 2.50 bits per heavy atom. The van der Waals surface area contributed by atoms with E-state index in [-0.39, 0.29) is 6.10 Å². The number of nitrogens with zero attached hydrogens (tertiary/aromatic N) is 2. The fourth-order valence-electron chi connectivity index (χ4n) is 1.35. The van der Waals surface area contributed by atoms with Crippen LogP contribution in [0.25, 0.3) is 0 Å². The van der Waals surface area contributed by atoms with Crippen LogP contribution in [0.3, 0.4) is 0 Å². The first-order valence-corrected chi connectivity index (χ1v) is 4.94. The molecule has 0 saturated carbocycles. The van der Waals surface area contributed by atoms with E-state index in [1.165, 1.54) is 6.20 Å². The van der Waals surface area contributed by atoms with Gasteiger partial charge in [0.15, 0.2) is 5.15 Å². The highest BCUT2D eigenvalue weighted by Gasteiger charge is 2.16. The summed E-state index contributed by atoms with van der Waals surface area (Å²) < 4.78 is 10.8. The first kappa shape index (κ1) is 9.68. The van der Waals surface area contributed by atoms with E-state index in [1.54, 1.807) is 6.20 Å². The van der Waals surface area contributed by atoms with Gasteiger partial charge in [-0.3, -0.25) is 4.98 Å². The van der Waals surface area contributed by atoms with Crippen LogP contribution >= 0.6 is 11.6 Å². The molecule has 0 N–H and O–H groups in total. The largest absolute Gasteiger partial charge is 0.474 e. The van der Waals surface area contributed by atoms with E-state index in [2.05, 4.69) is 9.97 Å². The quantitative estimate of drug-likeness (QED) is 0.768. The molecule has 0 radical (unpaired) electrons. The van der Waals surface area contributed by atoms with Gasteiger partial charge in [0.05, 0.1) is 18.5 Å². The zero-order valence-corrected chi connectivity index (χ0v) is 8.41. The molecule has 1 aliphatic rings. The molecule has 0 amide bonds. The van der Waals surface area contributed by atoms with E-state index in [0.717, 1.165) is 19.4 Å². The minimum Gasteiger partial charge on any atom is -0.474 e. The van der Waals surface area contributed by atoms with Gasteiger partial charge in [0.2, 0.25) is 5.88 Å². The number of ether oxygens (including phenoxy) is 2. The molecule has 76 valence electrons. The van der Waals surface area contributed by atoms with Crippen LogP contribution in [0.4, 0.5) is 0 Å². The van der Waals surface area contributed by atoms with Crippen molar-refractivity contribution in [3.63, 3.8) is 0 Å². The van der Waals surface area contributed by atoms with Crippen LogP contribution in [-0.2, 0) is 4.74 Å². The van der Waals surface area contributed by atoms with E-state index >= 15 is 0 Å². The Balaban J connectivity index is 1.85. The van der Waals surface area contributed by atoms with Gasteiger partial charge in [0, 0.05) is 6.61 Å².